The average molecular weight is 421 g/mol. The molecule has 5 rings (SSSR count). The first-order valence-corrected chi connectivity index (χ1v) is 10.5. The van der Waals surface area contributed by atoms with Crippen LogP contribution in [-0.2, 0) is 17.6 Å². The van der Waals surface area contributed by atoms with Crippen molar-refractivity contribution < 1.29 is 18.4 Å². The molecule has 1 unspecified atom stereocenters. The number of carbonyl (C=O) groups is 2. The van der Waals surface area contributed by atoms with Crippen LogP contribution >= 0.6 is 0 Å². The van der Waals surface area contributed by atoms with E-state index in [0.29, 0.717) is 24.9 Å². The van der Waals surface area contributed by atoms with Crippen molar-refractivity contribution in [1.82, 2.24) is 10.3 Å². The van der Waals surface area contributed by atoms with Crippen molar-refractivity contribution in [3.63, 3.8) is 0 Å². The molecule has 31 heavy (non-hydrogen) atoms. The first-order chi connectivity index (χ1) is 15.0. The van der Waals surface area contributed by atoms with Crippen LogP contribution < -0.4 is 10.2 Å². The van der Waals surface area contributed by atoms with Crippen molar-refractivity contribution in [2.75, 3.05) is 11.4 Å². The van der Waals surface area contributed by atoms with Gasteiger partial charge in [-0.2, -0.15) is 0 Å². The topological polar surface area (TPSA) is 62.3 Å². The molecule has 2 amide bonds. The third-order valence-corrected chi connectivity index (χ3v) is 6.09. The first-order valence-electron chi connectivity index (χ1n) is 10.5. The van der Waals surface area contributed by atoms with Gasteiger partial charge in [0.2, 0.25) is 5.91 Å². The number of aryl methyl sites for hydroxylation is 1. The van der Waals surface area contributed by atoms with E-state index in [2.05, 4.69) is 5.32 Å². The molecule has 0 bridgehead atoms. The lowest BCUT2D eigenvalue weighted by molar-refractivity contribution is -0.121. The first kappa shape index (κ1) is 19.6. The second-order valence-electron chi connectivity index (χ2n) is 8.04. The molecular weight excluding hydrogens is 400 g/mol. The number of aromatic nitrogens is 1. The van der Waals surface area contributed by atoms with Crippen LogP contribution in [0.3, 0.4) is 0 Å². The summed E-state index contributed by atoms with van der Waals surface area (Å²) in [6, 6.07) is 9.89. The molecule has 1 aliphatic heterocycles. The number of hydrogen-bond acceptors (Lipinski definition) is 3. The molecule has 1 N–H and O–H groups in total. The van der Waals surface area contributed by atoms with E-state index >= 15 is 0 Å². The minimum Gasteiger partial charge on any atom is -0.340 e. The Morgan fingerprint density at radius 3 is 2.77 bits per heavy atom. The summed E-state index contributed by atoms with van der Waals surface area (Å²) in [6.07, 6.45) is 3.62. The standard InChI is InChI=1S/C24H21F2N3O2/c25-14-10-11-21(17(26)13-14)29-12-4-9-20(24(29)31)28-23(30)22-15-5-1-2-7-18(15)27-19-8-3-6-16(19)22/h1-2,5,7,10-11,13,20H,3-4,6,8-9,12H2,(H,28,30). The molecule has 2 aromatic carbocycles. The van der Waals surface area contributed by atoms with E-state index in [-0.39, 0.29) is 17.5 Å². The Bertz CT molecular complexity index is 1210. The zero-order valence-electron chi connectivity index (χ0n) is 16.8. The van der Waals surface area contributed by atoms with Gasteiger partial charge in [0, 0.05) is 23.7 Å². The van der Waals surface area contributed by atoms with Gasteiger partial charge in [0.25, 0.3) is 5.91 Å². The Balaban J connectivity index is 1.45. The maximum Gasteiger partial charge on any atom is 0.252 e. The highest BCUT2D eigenvalue weighted by Gasteiger charge is 2.33. The highest BCUT2D eigenvalue weighted by molar-refractivity contribution is 6.10. The number of carbonyl (C=O) groups excluding carboxylic acids is 2. The van der Waals surface area contributed by atoms with E-state index < -0.39 is 17.7 Å². The number of hydrogen-bond donors (Lipinski definition) is 1. The summed E-state index contributed by atoms with van der Waals surface area (Å²) in [6.45, 7) is 0.321. The second kappa shape index (κ2) is 7.72. The quantitative estimate of drug-likeness (QED) is 0.697. The predicted octanol–water partition coefficient (Wildman–Crippen LogP) is 3.93. The average Bonchev–Trinajstić information content (AvgIpc) is 3.22. The van der Waals surface area contributed by atoms with Crippen LogP contribution in [0.4, 0.5) is 14.5 Å². The van der Waals surface area contributed by atoms with Gasteiger partial charge < -0.3 is 10.2 Å². The smallest absolute Gasteiger partial charge is 0.252 e. The molecule has 2 aliphatic rings. The Kier molecular flexibility index (Phi) is 4.88. The van der Waals surface area contributed by atoms with Gasteiger partial charge in [0.15, 0.2) is 0 Å². The number of rotatable bonds is 3. The lowest BCUT2D eigenvalue weighted by atomic mass is 9.98. The fraction of sp³-hybridized carbons (Fsp3) is 0.292. The zero-order chi connectivity index (χ0) is 21.5. The van der Waals surface area contributed by atoms with Gasteiger partial charge in [-0.1, -0.05) is 18.2 Å². The summed E-state index contributed by atoms with van der Waals surface area (Å²) in [5, 5.41) is 3.65. The minimum atomic E-state index is -0.793. The number of amides is 2. The molecule has 1 fully saturated rings. The Morgan fingerprint density at radius 1 is 1.10 bits per heavy atom. The Hall–Kier alpha value is -3.35. The fourth-order valence-corrected chi connectivity index (χ4v) is 4.65. The summed E-state index contributed by atoms with van der Waals surface area (Å²) in [7, 11) is 0. The third-order valence-electron chi connectivity index (χ3n) is 6.09. The van der Waals surface area contributed by atoms with E-state index in [9.17, 15) is 18.4 Å². The van der Waals surface area contributed by atoms with Crippen LogP contribution in [0.2, 0.25) is 0 Å². The monoisotopic (exact) mass is 421 g/mol. The van der Waals surface area contributed by atoms with Crippen LogP contribution in [0, 0.1) is 11.6 Å². The number of piperidine rings is 1. The molecule has 0 spiro atoms. The van der Waals surface area contributed by atoms with Crippen LogP contribution in [0.1, 0.15) is 40.9 Å². The van der Waals surface area contributed by atoms with Gasteiger partial charge in [0.1, 0.15) is 17.7 Å². The molecule has 7 heteroatoms. The number of pyridine rings is 1. The number of halogens is 2. The molecule has 1 aliphatic carbocycles. The van der Waals surface area contributed by atoms with Gasteiger partial charge in [-0.05, 0) is 55.9 Å². The zero-order valence-corrected chi connectivity index (χ0v) is 16.8. The van der Waals surface area contributed by atoms with Crippen LogP contribution in [0.5, 0.6) is 0 Å². The molecule has 1 atom stereocenters. The molecule has 5 nitrogen and oxygen atoms in total. The van der Waals surface area contributed by atoms with Gasteiger partial charge >= 0.3 is 0 Å². The number of nitrogens with zero attached hydrogens (tertiary/aromatic N) is 2. The predicted molar refractivity (Wildman–Crippen MR) is 113 cm³/mol. The van der Waals surface area contributed by atoms with Gasteiger partial charge in [-0.15, -0.1) is 0 Å². The van der Waals surface area contributed by atoms with Crippen LogP contribution in [0.25, 0.3) is 10.9 Å². The normalized spacial score (nSPS) is 18.3. The molecule has 3 aromatic rings. The summed E-state index contributed by atoms with van der Waals surface area (Å²) in [5.41, 5.74) is 3.25. The van der Waals surface area contributed by atoms with Crippen molar-refractivity contribution in [3.05, 3.63) is 70.9 Å². The lowest BCUT2D eigenvalue weighted by Crippen LogP contribution is -2.52. The summed E-state index contributed by atoms with van der Waals surface area (Å²) >= 11 is 0. The molecule has 2 heterocycles. The van der Waals surface area contributed by atoms with Crippen molar-refractivity contribution >= 4 is 28.4 Å². The van der Waals surface area contributed by atoms with Crippen molar-refractivity contribution in [1.29, 1.82) is 0 Å². The van der Waals surface area contributed by atoms with Gasteiger partial charge in [0.05, 0.1) is 16.8 Å². The van der Waals surface area contributed by atoms with Crippen molar-refractivity contribution in [2.45, 2.75) is 38.1 Å². The van der Waals surface area contributed by atoms with E-state index in [1.54, 1.807) is 0 Å². The fourth-order valence-electron chi connectivity index (χ4n) is 4.65. The van der Waals surface area contributed by atoms with Gasteiger partial charge in [-0.3, -0.25) is 14.6 Å². The molecular formula is C24H21F2N3O2. The summed E-state index contributed by atoms with van der Waals surface area (Å²) in [4.78, 5) is 32.4. The molecule has 0 radical (unpaired) electrons. The van der Waals surface area contributed by atoms with E-state index in [1.807, 2.05) is 24.3 Å². The van der Waals surface area contributed by atoms with Gasteiger partial charge in [-0.25, -0.2) is 8.78 Å². The molecule has 0 saturated carbocycles. The van der Waals surface area contributed by atoms with E-state index in [4.69, 9.17) is 4.98 Å². The van der Waals surface area contributed by atoms with E-state index in [1.165, 1.54) is 11.0 Å². The summed E-state index contributed by atoms with van der Waals surface area (Å²) in [5.74, 6) is -2.19. The van der Waals surface area contributed by atoms with Crippen molar-refractivity contribution in [2.24, 2.45) is 0 Å². The third kappa shape index (κ3) is 3.44. The maximum atomic E-state index is 14.3. The second-order valence-corrected chi connectivity index (χ2v) is 8.04. The number of anilines is 1. The Morgan fingerprint density at radius 2 is 1.94 bits per heavy atom. The molecule has 158 valence electrons. The molecule has 1 saturated heterocycles. The highest BCUT2D eigenvalue weighted by atomic mass is 19.1. The number of fused-ring (bicyclic) bond motifs is 2. The summed E-state index contributed by atoms with van der Waals surface area (Å²) < 4.78 is 27.5. The van der Waals surface area contributed by atoms with E-state index in [0.717, 1.165) is 53.6 Å². The largest absolute Gasteiger partial charge is 0.340 e. The maximum absolute atomic E-state index is 14.3. The molecule has 1 aromatic heterocycles. The van der Waals surface area contributed by atoms with Crippen LogP contribution in [0.15, 0.2) is 42.5 Å². The highest BCUT2D eigenvalue weighted by Crippen LogP contribution is 2.31. The number of benzene rings is 2. The van der Waals surface area contributed by atoms with Crippen molar-refractivity contribution in [3.8, 4) is 0 Å². The SMILES string of the molecule is O=C(NC1CCCN(c2ccc(F)cc2F)C1=O)c1c2c(nc3ccccc13)CCC2. The lowest BCUT2D eigenvalue weighted by Gasteiger charge is -2.33. The number of para-hydroxylation sites is 1. The minimum absolute atomic E-state index is 0.0283. The van der Waals surface area contributed by atoms with Crippen LogP contribution in [-0.4, -0.2) is 29.4 Å². The number of nitrogens with one attached hydrogen (secondary N) is 1. The Labute approximate surface area is 178 Å².